The van der Waals surface area contributed by atoms with Crippen LogP contribution in [-0.2, 0) is 0 Å². The molecule has 2 atom stereocenters. The van der Waals surface area contributed by atoms with Gasteiger partial charge >= 0.3 is 0 Å². The zero-order valence-corrected chi connectivity index (χ0v) is 7.79. The molecule has 1 nitrogen and oxygen atoms in total. The van der Waals surface area contributed by atoms with Crippen LogP contribution in [0.2, 0.25) is 0 Å². The number of nitriles is 1. The van der Waals surface area contributed by atoms with Crippen molar-refractivity contribution in [3.8, 4) is 6.07 Å². The number of rotatable bonds is 2. The van der Waals surface area contributed by atoms with Crippen molar-refractivity contribution < 1.29 is 4.39 Å². The monoisotopic (exact) mass is 177 g/mol. The summed E-state index contributed by atoms with van der Waals surface area (Å²) in [7, 11) is 0. The summed E-state index contributed by atoms with van der Waals surface area (Å²) in [5.41, 5.74) is 1.01. The zero-order chi connectivity index (χ0) is 9.84. The van der Waals surface area contributed by atoms with Crippen LogP contribution in [0.25, 0.3) is 0 Å². The second-order valence-electron chi connectivity index (χ2n) is 3.26. The Morgan fingerprint density at radius 2 is 1.77 bits per heavy atom. The maximum Gasteiger partial charge on any atom is 0.123 e. The maximum atomic E-state index is 12.6. The van der Waals surface area contributed by atoms with Gasteiger partial charge in [0.05, 0.1) is 12.0 Å². The highest BCUT2D eigenvalue weighted by atomic mass is 19.1. The summed E-state index contributed by atoms with van der Waals surface area (Å²) >= 11 is 0. The van der Waals surface area contributed by atoms with Crippen molar-refractivity contribution in [3.05, 3.63) is 35.6 Å². The van der Waals surface area contributed by atoms with Gasteiger partial charge in [-0.25, -0.2) is 4.39 Å². The van der Waals surface area contributed by atoms with Gasteiger partial charge in [0, 0.05) is 0 Å². The van der Waals surface area contributed by atoms with E-state index in [9.17, 15) is 4.39 Å². The van der Waals surface area contributed by atoms with Gasteiger partial charge in [0.15, 0.2) is 0 Å². The van der Waals surface area contributed by atoms with Crippen LogP contribution in [0.3, 0.4) is 0 Å². The molecule has 0 saturated carbocycles. The normalized spacial score (nSPS) is 14.6. The van der Waals surface area contributed by atoms with Crippen molar-refractivity contribution in [2.45, 2.75) is 19.8 Å². The van der Waals surface area contributed by atoms with E-state index in [1.54, 1.807) is 12.1 Å². The zero-order valence-electron chi connectivity index (χ0n) is 7.79. The first kappa shape index (κ1) is 9.73. The van der Waals surface area contributed by atoms with E-state index in [0.29, 0.717) is 0 Å². The second kappa shape index (κ2) is 4.04. The molecule has 2 unspecified atom stereocenters. The van der Waals surface area contributed by atoms with Gasteiger partial charge in [0.25, 0.3) is 0 Å². The lowest BCUT2D eigenvalue weighted by atomic mass is 9.90. The minimum absolute atomic E-state index is 0.0366. The quantitative estimate of drug-likeness (QED) is 0.681. The van der Waals surface area contributed by atoms with E-state index in [1.165, 1.54) is 12.1 Å². The van der Waals surface area contributed by atoms with E-state index in [2.05, 4.69) is 6.07 Å². The standard InChI is InChI=1S/C11H12FN/c1-8(7-13)9(2)10-3-5-11(12)6-4-10/h3-6,8-9H,1-2H3. The number of halogens is 1. The Balaban J connectivity index is 2.84. The number of hydrogen-bond donors (Lipinski definition) is 0. The third kappa shape index (κ3) is 2.29. The summed E-state index contributed by atoms with van der Waals surface area (Å²) in [5.74, 6) is -0.114. The predicted molar refractivity (Wildman–Crippen MR) is 49.6 cm³/mol. The molecule has 0 aliphatic rings. The Hall–Kier alpha value is -1.36. The van der Waals surface area contributed by atoms with Gasteiger partial charge in [0.1, 0.15) is 5.82 Å². The number of hydrogen-bond acceptors (Lipinski definition) is 1. The van der Waals surface area contributed by atoms with Gasteiger partial charge in [-0.2, -0.15) is 5.26 Å². The van der Waals surface area contributed by atoms with Crippen LogP contribution in [0.4, 0.5) is 4.39 Å². The summed E-state index contributed by atoms with van der Waals surface area (Å²) in [4.78, 5) is 0. The summed E-state index contributed by atoms with van der Waals surface area (Å²) in [6, 6.07) is 8.50. The molecule has 0 aromatic heterocycles. The molecule has 13 heavy (non-hydrogen) atoms. The van der Waals surface area contributed by atoms with Crippen molar-refractivity contribution in [2.24, 2.45) is 5.92 Å². The van der Waals surface area contributed by atoms with Gasteiger partial charge in [-0.05, 0) is 30.5 Å². The molecule has 0 spiro atoms. The molecular weight excluding hydrogens is 165 g/mol. The predicted octanol–water partition coefficient (Wildman–Crippen LogP) is 3.09. The first-order valence-corrected chi connectivity index (χ1v) is 4.30. The largest absolute Gasteiger partial charge is 0.207 e. The summed E-state index contributed by atoms with van der Waals surface area (Å²) in [6.07, 6.45) is 0. The van der Waals surface area contributed by atoms with Crippen molar-refractivity contribution >= 4 is 0 Å². The molecule has 0 radical (unpaired) electrons. The molecule has 0 aliphatic heterocycles. The van der Waals surface area contributed by atoms with Crippen molar-refractivity contribution in [2.75, 3.05) is 0 Å². The molecule has 1 rings (SSSR count). The molecule has 0 aliphatic carbocycles. The molecule has 0 fully saturated rings. The molecule has 0 saturated heterocycles. The lowest BCUT2D eigenvalue weighted by Gasteiger charge is -2.13. The van der Waals surface area contributed by atoms with Gasteiger partial charge in [0.2, 0.25) is 0 Å². The lowest BCUT2D eigenvalue weighted by molar-refractivity contribution is 0.595. The van der Waals surface area contributed by atoms with Crippen LogP contribution in [0.15, 0.2) is 24.3 Å². The fourth-order valence-corrected chi connectivity index (χ4v) is 1.17. The number of nitrogens with zero attached hydrogens (tertiary/aromatic N) is 1. The minimum atomic E-state index is -0.236. The fourth-order valence-electron chi connectivity index (χ4n) is 1.17. The first-order chi connectivity index (χ1) is 6.15. The smallest absolute Gasteiger partial charge is 0.123 e. The average molecular weight is 177 g/mol. The van der Waals surface area contributed by atoms with Gasteiger partial charge in [-0.15, -0.1) is 0 Å². The summed E-state index contributed by atoms with van der Waals surface area (Å²) < 4.78 is 12.6. The summed E-state index contributed by atoms with van der Waals surface area (Å²) in [6.45, 7) is 3.84. The third-order valence-electron chi connectivity index (χ3n) is 2.35. The van der Waals surface area contributed by atoms with Crippen LogP contribution in [0.1, 0.15) is 25.3 Å². The molecule has 1 aromatic carbocycles. The van der Waals surface area contributed by atoms with E-state index in [0.717, 1.165) is 5.56 Å². The Morgan fingerprint density at radius 1 is 1.23 bits per heavy atom. The van der Waals surface area contributed by atoms with Gasteiger partial charge < -0.3 is 0 Å². The van der Waals surface area contributed by atoms with Gasteiger partial charge in [-0.3, -0.25) is 0 Å². The highest BCUT2D eigenvalue weighted by Crippen LogP contribution is 2.23. The van der Waals surface area contributed by atoms with Crippen LogP contribution >= 0.6 is 0 Å². The molecule has 68 valence electrons. The van der Waals surface area contributed by atoms with E-state index < -0.39 is 0 Å². The highest BCUT2D eigenvalue weighted by molar-refractivity contribution is 5.21. The van der Waals surface area contributed by atoms with E-state index in [4.69, 9.17) is 5.26 Å². The van der Waals surface area contributed by atoms with Gasteiger partial charge in [-0.1, -0.05) is 19.1 Å². The highest BCUT2D eigenvalue weighted by Gasteiger charge is 2.12. The minimum Gasteiger partial charge on any atom is -0.207 e. The molecule has 2 heteroatoms. The van der Waals surface area contributed by atoms with Crippen molar-refractivity contribution in [1.82, 2.24) is 0 Å². The topological polar surface area (TPSA) is 23.8 Å². The maximum absolute atomic E-state index is 12.6. The SMILES string of the molecule is CC(C#N)C(C)c1ccc(F)cc1. The van der Waals surface area contributed by atoms with Crippen LogP contribution < -0.4 is 0 Å². The lowest BCUT2D eigenvalue weighted by Crippen LogP contribution is -2.03. The molecule has 0 bridgehead atoms. The fraction of sp³-hybridized carbons (Fsp3) is 0.364. The Bertz CT molecular complexity index is 310. The van der Waals surface area contributed by atoms with E-state index in [1.807, 2.05) is 13.8 Å². The molecule has 0 amide bonds. The van der Waals surface area contributed by atoms with Crippen LogP contribution in [-0.4, -0.2) is 0 Å². The number of benzene rings is 1. The third-order valence-corrected chi connectivity index (χ3v) is 2.35. The van der Waals surface area contributed by atoms with E-state index >= 15 is 0 Å². The Kier molecular flexibility index (Phi) is 3.02. The van der Waals surface area contributed by atoms with Crippen molar-refractivity contribution in [3.63, 3.8) is 0 Å². The first-order valence-electron chi connectivity index (χ1n) is 4.30. The van der Waals surface area contributed by atoms with Crippen LogP contribution in [0.5, 0.6) is 0 Å². The summed E-state index contributed by atoms with van der Waals surface area (Å²) in [5, 5.41) is 8.70. The molecular formula is C11H12FN. The second-order valence-corrected chi connectivity index (χ2v) is 3.26. The van der Waals surface area contributed by atoms with Crippen LogP contribution in [0, 0.1) is 23.1 Å². The molecule has 0 N–H and O–H groups in total. The Morgan fingerprint density at radius 3 is 2.23 bits per heavy atom. The molecule has 1 aromatic rings. The average Bonchev–Trinajstić information content (AvgIpc) is 2.17. The Labute approximate surface area is 77.8 Å². The molecule has 0 heterocycles. The van der Waals surface area contributed by atoms with E-state index in [-0.39, 0.29) is 17.7 Å². The van der Waals surface area contributed by atoms with Crippen molar-refractivity contribution in [1.29, 1.82) is 5.26 Å².